The molecular formula is C12H13N3O2S. The average Bonchev–Trinajstić information content (AvgIpc) is 2.78. The van der Waals surface area contributed by atoms with Gasteiger partial charge in [-0.05, 0) is 13.8 Å². The smallest absolute Gasteiger partial charge is 0.312 e. The molecule has 0 N–H and O–H groups in total. The van der Waals surface area contributed by atoms with E-state index in [-0.39, 0.29) is 12.4 Å². The van der Waals surface area contributed by atoms with E-state index in [1.807, 2.05) is 12.3 Å². The molecule has 0 aliphatic carbocycles. The normalized spacial score (nSPS) is 10.3. The van der Waals surface area contributed by atoms with Gasteiger partial charge in [0.25, 0.3) is 0 Å². The van der Waals surface area contributed by atoms with Gasteiger partial charge in [-0.2, -0.15) is 0 Å². The molecular weight excluding hydrogens is 250 g/mol. The number of aryl methyl sites for hydroxylation is 1. The summed E-state index contributed by atoms with van der Waals surface area (Å²) in [7, 11) is 0. The highest BCUT2D eigenvalue weighted by Gasteiger charge is 2.12. The lowest BCUT2D eigenvalue weighted by Crippen LogP contribution is -2.07. The van der Waals surface area contributed by atoms with Crippen LogP contribution in [0.4, 0.5) is 0 Å². The number of nitrogens with zero attached hydrogens (tertiary/aromatic N) is 3. The van der Waals surface area contributed by atoms with Crippen LogP contribution >= 0.6 is 11.3 Å². The van der Waals surface area contributed by atoms with Crippen molar-refractivity contribution in [2.75, 3.05) is 6.61 Å². The van der Waals surface area contributed by atoms with Crippen molar-refractivity contribution in [3.8, 4) is 11.4 Å². The molecule has 2 rings (SSSR count). The summed E-state index contributed by atoms with van der Waals surface area (Å²) < 4.78 is 4.88. The number of hydrogen-bond donors (Lipinski definition) is 0. The van der Waals surface area contributed by atoms with Gasteiger partial charge in [0.15, 0.2) is 0 Å². The van der Waals surface area contributed by atoms with E-state index in [1.165, 1.54) is 11.3 Å². The van der Waals surface area contributed by atoms with Gasteiger partial charge in [-0.1, -0.05) is 0 Å². The second-order valence-corrected chi connectivity index (χ2v) is 4.54. The van der Waals surface area contributed by atoms with Gasteiger partial charge in [-0.25, -0.2) is 4.98 Å². The molecule has 0 unspecified atom stereocenters. The minimum atomic E-state index is -0.255. The first-order valence-electron chi connectivity index (χ1n) is 5.58. The number of thiazole rings is 1. The quantitative estimate of drug-likeness (QED) is 0.789. The zero-order valence-corrected chi connectivity index (χ0v) is 11.0. The van der Waals surface area contributed by atoms with Crippen LogP contribution in [0.1, 0.15) is 17.6 Å². The SMILES string of the molecule is CCOC(=O)Cc1nc(-c2nccnc2C)cs1. The van der Waals surface area contributed by atoms with Crippen LogP contribution in [0.25, 0.3) is 11.4 Å². The third-order valence-electron chi connectivity index (χ3n) is 2.28. The summed E-state index contributed by atoms with van der Waals surface area (Å²) in [6.45, 7) is 4.06. The van der Waals surface area contributed by atoms with Gasteiger partial charge >= 0.3 is 5.97 Å². The van der Waals surface area contributed by atoms with E-state index in [4.69, 9.17) is 4.74 Å². The molecule has 0 atom stereocenters. The van der Waals surface area contributed by atoms with E-state index in [1.54, 1.807) is 19.3 Å². The molecule has 6 heteroatoms. The van der Waals surface area contributed by atoms with E-state index in [2.05, 4.69) is 15.0 Å². The third kappa shape index (κ3) is 2.89. The zero-order valence-electron chi connectivity index (χ0n) is 10.2. The molecule has 0 spiro atoms. The van der Waals surface area contributed by atoms with Crippen LogP contribution in [0.15, 0.2) is 17.8 Å². The highest BCUT2D eigenvalue weighted by Crippen LogP contribution is 2.22. The molecule has 2 aromatic heterocycles. The molecule has 2 aromatic rings. The summed E-state index contributed by atoms with van der Waals surface area (Å²) in [5.41, 5.74) is 2.33. The Kier molecular flexibility index (Phi) is 3.99. The van der Waals surface area contributed by atoms with Crippen LogP contribution in [0, 0.1) is 6.92 Å². The Bertz CT molecular complexity index is 554. The Morgan fingerprint density at radius 3 is 2.89 bits per heavy atom. The maximum Gasteiger partial charge on any atom is 0.312 e. The number of hydrogen-bond acceptors (Lipinski definition) is 6. The summed E-state index contributed by atoms with van der Waals surface area (Å²) in [6, 6.07) is 0. The summed E-state index contributed by atoms with van der Waals surface area (Å²) in [5.74, 6) is -0.255. The Hall–Kier alpha value is -1.82. The van der Waals surface area contributed by atoms with E-state index < -0.39 is 0 Å². The largest absolute Gasteiger partial charge is 0.466 e. The van der Waals surface area contributed by atoms with Crippen molar-refractivity contribution in [2.45, 2.75) is 20.3 Å². The standard InChI is InChI=1S/C12H13N3O2S/c1-3-17-11(16)6-10-15-9(7-18-10)12-8(2)13-4-5-14-12/h4-5,7H,3,6H2,1-2H3. The van der Waals surface area contributed by atoms with Crippen molar-refractivity contribution in [3.05, 3.63) is 28.5 Å². The molecule has 5 nitrogen and oxygen atoms in total. The van der Waals surface area contributed by atoms with Gasteiger partial charge in [0.2, 0.25) is 0 Å². The minimum absolute atomic E-state index is 0.206. The van der Waals surface area contributed by atoms with E-state index >= 15 is 0 Å². The van der Waals surface area contributed by atoms with Crippen molar-refractivity contribution in [2.24, 2.45) is 0 Å². The van der Waals surface area contributed by atoms with E-state index in [0.29, 0.717) is 6.61 Å². The van der Waals surface area contributed by atoms with Crippen LogP contribution in [0.2, 0.25) is 0 Å². The van der Waals surface area contributed by atoms with Gasteiger partial charge in [-0.15, -0.1) is 11.3 Å². The Morgan fingerprint density at radius 2 is 2.17 bits per heavy atom. The lowest BCUT2D eigenvalue weighted by molar-refractivity contribution is -0.142. The average molecular weight is 263 g/mol. The fourth-order valence-corrected chi connectivity index (χ4v) is 2.26. The Labute approximate surface area is 109 Å². The number of ether oxygens (including phenoxy) is 1. The van der Waals surface area contributed by atoms with Crippen LogP contribution in [0.5, 0.6) is 0 Å². The molecule has 2 heterocycles. The van der Waals surface area contributed by atoms with Crippen LogP contribution in [-0.4, -0.2) is 27.5 Å². The third-order valence-corrected chi connectivity index (χ3v) is 3.13. The molecule has 0 aliphatic heterocycles. The number of esters is 1. The monoisotopic (exact) mass is 263 g/mol. The van der Waals surface area contributed by atoms with Crippen molar-refractivity contribution >= 4 is 17.3 Å². The number of carbonyl (C=O) groups excluding carboxylic acids is 1. The molecule has 0 aliphatic rings. The van der Waals surface area contributed by atoms with Gasteiger partial charge in [0.1, 0.15) is 16.4 Å². The van der Waals surface area contributed by atoms with Crippen molar-refractivity contribution in [3.63, 3.8) is 0 Å². The second-order valence-electron chi connectivity index (χ2n) is 3.60. The topological polar surface area (TPSA) is 65.0 Å². The van der Waals surface area contributed by atoms with Gasteiger partial charge < -0.3 is 4.74 Å². The first-order valence-corrected chi connectivity index (χ1v) is 6.46. The zero-order chi connectivity index (χ0) is 13.0. The molecule has 0 fully saturated rings. The predicted molar refractivity (Wildman–Crippen MR) is 68.2 cm³/mol. The molecule has 0 amide bonds. The summed E-state index contributed by atoms with van der Waals surface area (Å²) in [4.78, 5) is 24.1. The highest BCUT2D eigenvalue weighted by atomic mass is 32.1. The summed E-state index contributed by atoms with van der Waals surface area (Å²) in [6.07, 6.45) is 3.48. The Balaban J connectivity index is 2.16. The first-order chi connectivity index (χ1) is 8.70. The lowest BCUT2D eigenvalue weighted by atomic mass is 10.2. The van der Waals surface area contributed by atoms with Crippen molar-refractivity contribution < 1.29 is 9.53 Å². The highest BCUT2D eigenvalue weighted by molar-refractivity contribution is 7.10. The van der Waals surface area contributed by atoms with E-state index in [0.717, 1.165) is 22.1 Å². The molecule has 94 valence electrons. The fraction of sp³-hybridized carbons (Fsp3) is 0.333. The lowest BCUT2D eigenvalue weighted by Gasteiger charge is -1.99. The van der Waals surface area contributed by atoms with Gasteiger partial charge in [0.05, 0.1) is 18.7 Å². The molecule has 0 saturated carbocycles. The maximum absolute atomic E-state index is 11.3. The second kappa shape index (κ2) is 5.68. The van der Waals surface area contributed by atoms with Crippen molar-refractivity contribution in [1.29, 1.82) is 0 Å². The fourth-order valence-electron chi connectivity index (χ4n) is 1.50. The van der Waals surface area contributed by atoms with Crippen LogP contribution in [0.3, 0.4) is 0 Å². The molecule has 0 saturated heterocycles. The van der Waals surface area contributed by atoms with Crippen LogP contribution < -0.4 is 0 Å². The van der Waals surface area contributed by atoms with Gasteiger partial charge in [-0.3, -0.25) is 14.8 Å². The first kappa shape index (κ1) is 12.6. The molecule has 0 bridgehead atoms. The van der Waals surface area contributed by atoms with Crippen molar-refractivity contribution in [1.82, 2.24) is 15.0 Å². The predicted octanol–water partition coefficient (Wildman–Crippen LogP) is 2.01. The Morgan fingerprint density at radius 1 is 1.39 bits per heavy atom. The molecule has 18 heavy (non-hydrogen) atoms. The molecule has 0 aromatic carbocycles. The molecule has 0 radical (unpaired) electrons. The number of carbonyl (C=O) groups is 1. The summed E-state index contributed by atoms with van der Waals surface area (Å²) in [5, 5.41) is 2.61. The summed E-state index contributed by atoms with van der Waals surface area (Å²) >= 11 is 1.43. The van der Waals surface area contributed by atoms with E-state index in [9.17, 15) is 4.79 Å². The maximum atomic E-state index is 11.3. The number of rotatable bonds is 4. The van der Waals surface area contributed by atoms with Gasteiger partial charge in [0, 0.05) is 17.8 Å². The van der Waals surface area contributed by atoms with Crippen LogP contribution in [-0.2, 0) is 16.0 Å². The number of aromatic nitrogens is 3. The minimum Gasteiger partial charge on any atom is -0.466 e.